The van der Waals surface area contributed by atoms with Crippen LogP contribution in [0.1, 0.15) is 20.8 Å². The summed E-state index contributed by atoms with van der Waals surface area (Å²) in [5, 5.41) is 7.32. The van der Waals surface area contributed by atoms with Gasteiger partial charge in [-0.05, 0) is 66.5 Å². The average molecular weight is 415 g/mol. The Kier molecular flexibility index (Phi) is 5.08. The van der Waals surface area contributed by atoms with Crippen LogP contribution in [-0.4, -0.2) is 26.5 Å². The van der Waals surface area contributed by atoms with Crippen LogP contribution in [0.15, 0.2) is 59.5 Å². The molecular weight excluding hydrogens is 396 g/mol. The molecule has 1 N–H and O–H groups in total. The number of hydrogen-bond acceptors (Lipinski definition) is 5. The summed E-state index contributed by atoms with van der Waals surface area (Å²) in [5.41, 5.74) is 2.14. The number of pyridine rings is 1. The van der Waals surface area contributed by atoms with E-state index in [0.717, 1.165) is 27.2 Å². The summed E-state index contributed by atoms with van der Waals surface area (Å²) in [5.74, 6) is 0.755. The molecule has 0 radical (unpaired) electrons. The minimum Gasteiger partial charge on any atom is -0.442 e. The van der Waals surface area contributed by atoms with E-state index in [0.29, 0.717) is 0 Å². The van der Waals surface area contributed by atoms with Crippen molar-refractivity contribution >= 4 is 33.5 Å². The van der Waals surface area contributed by atoms with Crippen molar-refractivity contribution in [2.75, 3.05) is 5.32 Å². The Labute approximate surface area is 160 Å². The molecule has 3 aromatic rings. The van der Waals surface area contributed by atoms with E-state index in [1.54, 1.807) is 12.4 Å². The number of ether oxygens (including phenoxy) is 1. The van der Waals surface area contributed by atoms with Gasteiger partial charge in [0, 0.05) is 17.4 Å². The van der Waals surface area contributed by atoms with E-state index in [1.165, 1.54) is 4.68 Å². The first-order chi connectivity index (χ1) is 12.3. The summed E-state index contributed by atoms with van der Waals surface area (Å²) < 4.78 is 7.29. The maximum Gasteiger partial charge on any atom is 0.435 e. The predicted octanol–water partition coefficient (Wildman–Crippen LogP) is 5.23. The third kappa shape index (κ3) is 4.70. The second kappa shape index (κ2) is 7.29. The number of benzene rings is 1. The zero-order valence-electron chi connectivity index (χ0n) is 14.7. The van der Waals surface area contributed by atoms with Crippen LogP contribution in [0.5, 0.6) is 0 Å². The molecule has 26 heavy (non-hydrogen) atoms. The lowest BCUT2D eigenvalue weighted by Crippen LogP contribution is -2.27. The SMILES string of the molecule is CC(C)(C)OC(=O)n1cc(-c2ccc(Nc3cccc(Br)n3)cc2)cn1. The summed E-state index contributed by atoms with van der Waals surface area (Å²) >= 11 is 3.35. The maximum absolute atomic E-state index is 12.0. The Hall–Kier alpha value is -2.67. The van der Waals surface area contributed by atoms with Crippen molar-refractivity contribution in [1.29, 1.82) is 0 Å². The van der Waals surface area contributed by atoms with Crippen LogP contribution in [-0.2, 0) is 4.74 Å². The Morgan fingerprint density at radius 2 is 1.85 bits per heavy atom. The highest BCUT2D eigenvalue weighted by atomic mass is 79.9. The normalized spacial score (nSPS) is 11.2. The van der Waals surface area contributed by atoms with Crippen LogP contribution in [0.25, 0.3) is 11.1 Å². The van der Waals surface area contributed by atoms with Gasteiger partial charge in [-0.1, -0.05) is 18.2 Å². The van der Waals surface area contributed by atoms with Gasteiger partial charge in [0.2, 0.25) is 0 Å². The van der Waals surface area contributed by atoms with Gasteiger partial charge in [-0.25, -0.2) is 9.78 Å². The van der Waals surface area contributed by atoms with Crippen LogP contribution in [0.3, 0.4) is 0 Å². The molecule has 0 amide bonds. The molecule has 0 atom stereocenters. The lowest BCUT2D eigenvalue weighted by Gasteiger charge is -2.18. The molecule has 0 bridgehead atoms. The topological polar surface area (TPSA) is 69.0 Å². The van der Waals surface area contributed by atoms with E-state index >= 15 is 0 Å². The quantitative estimate of drug-likeness (QED) is 0.593. The summed E-state index contributed by atoms with van der Waals surface area (Å²) in [4.78, 5) is 16.4. The van der Waals surface area contributed by atoms with Crippen molar-refractivity contribution in [1.82, 2.24) is 14.8 Å². The first-order valence-corrected chi connectivity index (χ1v) is 8.87. The summed E-state index contributed by atoms with van der Waals surface area (Å²) in [6.07, 6.45) is 2.80. The number of hydrogen-bond donors (Lipinski definition) is 1. The maximum atomic E-state index is 12.0. The summed E-state index contributed by atoms with van der Waals surface area (Å²) in [7, 11) is 0. The van der Waals surface area contributed by atoms with E-state index < -0.39 is 11.7 Å². The predicted molar refractivity (Wildman–Crippen MR) is 105 cm³/mol. The molecule has 0 fully saturated rings. The highest BCUT2D eigenvalue weighted by molar-refractivity contribution is 9.10. The van der Waals surface area contributed by atoms with E-state index in [4.69, 9.17) is 4.74 Å². The number of aromatic nitrogens is 3. The fraction of sp³-hybridized carbons (Fsp3) is 0.211. The Bertz CT molecular complexity index is 914. The second-order valence-corrected chi connectivity index (χ2v) is 7.51. The highest BCUT2D eigenvalue weighted by Gasteiger charge is 2.18. The highest BCUT2D eigenvalue weighted by Crippen LogP contribution is 2.23. The van der Waals surface area contributed by atoms with Gasteiger partial charge < -0.3 is 10.1 Å². The Morgan fingerprint density at radius 1 is 1.12 bits per heavy atom. The third-order valence-electron chi connectivity index (χ3n) is 3.37. The van der Waals surface area contributed by atoms with Crippen LogP contribution < -0.4 is 5.32 Å². The fourth-order valence-electron chi connectivity index (χ4n) is 2.25. The Balaban J connectivity index is 1.72. The number of nitrogens with one attached hydrogen (secondary N) is 1. The first kappa shape index (κ1) is 18.1. The number of halogens is 1. The monoisotopic (exact) mass is 414 g/mol. The number of nitrogens with zero attached hydrogens (tertiary/aromatic N) is 3. The van der Waals surface area contributed by atoms with Crippen molar-refractivity contribution < 1.29 is 9.53 Å². The molecule has 0 saturated carbocycles. The molecule has 134 valence electrons. The zero-order chi connectivity index (χ0) is 18.7. The van der Waals surface area contributed by atoms with Crippen LogP contribution in [0.2, 0.25) is 0 Å². The van der Waals surface area contributed by atoms with Crippen LogP contribution in [0.4, 0.5) is 16.3 Å². The molecule has 7 heteroatoms. The third-order valence-corrected chi connectivity index (χ3v) is 3.81. The minimum absolute atomic E-state index is 0.497. The van der Waals surface area contributed by atoms with Gasteiger partial charge in [0.1, 0.15) is 16.0 Å². The number of anilines is 2. The molecule has 2 aromatic heterocycles. The van der Waals surface area contributed by atoms with E-state index in [9.17, 15) is 4.79 Å². The molecule has 1 aromatic carbocycles. The molecular formula is C19H19BrN4O2. The smallest absolute Gasteiger partial charge is 0.435 e. The van der Waals surface area contributed by atoms with Crippen molar-refractivity contribution in [3.05, 3.63) is 59.5 Å². The molecule has 2 heterocycles. The molecule has 0 unspecified atom stereocenters. The lowest BCUT2D eigenvalue weighted by atomic mass is 10.1. The van der Waals surface area contributed by atoms with Crippen molar-refractivity contribution in [2.24, 2.45) is 0 Å². The molecule has 0 aliphatic heterocycles. The average Bonchev–Trinajstić information content (AvgIpc) is 3.04. The van der Waals surface area contributed by atoms with Gasteiger partial charge in [-0.15, -0.1) is 0 Å². The van der Waals surface area contributed by atoms with Crippen LogP contribution >= 0.6 is 15.9 Å². The fourth-order valence-corrected chi connectivity index (χ4v) is 2.60. The van der Waals surface area contributed by atoms with E-state index in [-0.39, 0.29) is 0 Å². The van der Waals surface area contributed by atoms with Gasteiger partial charge in [-0.3, -0.25) is 0 Å². The van der Waals surface area contributed by atoms with Gasteiger partial charge >= 0.3 is 6.09 Å². The van der Waals surface area contributed by atoms with Gasteiger partial charge in [0.05, 0.1) is 6.20 Å². The summed E-state index contributed by atoms with van der Waals surface area (Å²) in [6, 6.07) is 13.5. The van der Waals surface area contributed by atoms with Gasteiger partial charge in [0.25, 0.3) is 0 Å². The minimum atomic E-state index is -0.559. The second-order valence-electron chi connectivity index (χ2n) is 6.70. The number of carbonyl (C=O) groups excluding carboxylic acids is 1. The number of carbonyl (C=O) groups is 1. The zero-order valence-corrected chi connectivity index (χ0v) is 16.3. The molecule has 6 nitrogen and oxygen atoms in total. The van der Waals surface area contributed by atoms with E-state index in [2.05, 4.69) is 31.3 Å². The van der Waals surface area contributed by atoms with Crippen LogP contribution in [0, 0.1) is 0 Å². The largest absolute Gasteiger partial charge is 0.442 e. The molecule has 0 aliphatic rings. The van der Waals surface area contributed by atoms with Crippen molar-refractivity contribution in [2.45, 2.75) is 26.4 Å². The summed E-state index contributed by atoms with van der Waals surface area (Å²) in [6.45, 7) is 5.46. The van der Waals surface area contributed by atoms with Gasteiger partial charge in [-0.2, -0.15) is 9.78 Å². The molecule has 0 aliphatic carbocycles. The Morgan fingerprint density at radius 3 is 2.50 bits per heavy atom. The number of rotatable bonds is 3. The van der Waals surface area contributed by atoms with Gasteiger partial charge in [0.15, 0.2) is 0 Å². The molecule has 0 spiro atoms. The van der Waals surface area contributed by atoms with Crippen molar-refractivity contribution in [3.8, 4) is 11.1 Å². The standard InChI is InChI=1S/C19H19BrN4O2/c1-19(2,3)26-18(25)24-12-14(11-21-24)13-7-9-15(10-8-13)22-17-6-4-5-16(20)23-17/h4-12H,1-3H3,(H,22,23). The van der Waals surface area contributed by atoms with Crippen molar-refractivity contribution in [3.63, 3.8) is 0 Å². The molecule has 0 saturated heterocycles. The molecule has 3 rings (SSSR count). The van der Waals surface area contributed by atoms with E-state index in [1.807, 2.05) is 63.2 Å². The first-order valence-electron chi connectivity index (χ1n) is 8.08. The lowest BCUT2D eigenvalue weighted by molar-refractivity contribution is 0.0514.